The van der Waals surface area contributed by atoms with Gasteiger partial charge >= 0.3 is 12.1 Å². The molecule has 0 unspecified atom stereocenters. The van der Waals surface area contributed by atoms with Crippen molar-refractivity contribution in [2.45, 2.75) is 6.42 Å². The second kappa shape index (κ2) is 5.75. The van der Waals surface area contributed by atoms with Crippen LogP contribution in [0.3, 0.4) is 0 Å². The summed E-state index contributed by atoms with van der Waals surface area (Å²) in [6.45, 7) is 0.142. The van der Waals surface area contributed by atoms with E-state index < -0.39 is 12.1 Å². The number of esters is 1. The lowest BCUT2D eigenvalue weighted by atomic mass is 10.1. The summed E-state index contributed by atoms with van der Waals surface area (Å²) < 4.78 is 9.23. The molecule has 0 atom stereocenters. The molecule has 0 spiro atoms. The third-order valence-corrected chi connectivity index (χ3v) is 2.04. The van der Waals surface area contributed by atoms with Crippen LogP contribution in [0.15, 0.2) is 24.3 Å². The highest BCUT2D eigenvalue weighted by molar-refractivity contribution is 5.90. The maximum absolute atomic E-state index is 11.4. The number of benzene rings is 1. The van der Waals surface area contributed by atoms with Crippen LogP contribution in [0.4, 0.5) is 4.79 Å². The Kier molecular flexibility index (Phi) is 4.32. The van der Waals surface area contributed by atoms with E-state index in [9.17, 15) is 9.59 Å². The number of nitrogens with two attached hydrogens (primary N) is 1. The molecule has 0 aliphatic carbocycles. The molecule has 1 amide bonds. The molecule has 5 nitrogen and oxygen atoms in total. The summed E-state index contributed by atoms with van der Waals surface area (Å²) in [5.41, 5.74) is 6.06. The largest absolute Gasteiger partial charge is 0.465 e. The van der Waals surface area contributed by atoms with E-state index in [0.717, 1.165) is 5.56 Å². The molecule has 0 aliphatic heterocycles. The number of carbonyl (C=O) groups excluding carboxylic acids is 2. The van der Waals surface area contributed by atoms with Crippen LogP contribution in [0.1, 0.15) is 15.9 Å². The molecule has 16 heavy (non-hydrogen) atoms. The zero-order valence-corrected chi connectivity index (χ0v) is 8.93. The highest BCUT2D eigenvalue weighted by atomic mass is 16.5. The fourth-order valence-electron chi connectivity index (χ4n) is 1.31. The van der Waals surface area contributed by atoms with Gasteiger partial charge in [0.25, 0.3) is 0 Å². The van der Waals surface area contributed by atoms with Crippen LogP contribution in [0.2, 0.25) is 0 Å². The molecule has 0 aromatic heterocycles. The van der Waals surface area contributed by atoms with Gasteiger partial charge in [-0.05, 0) is 11.6 Å². The molecule has 0 bridgehead atoms. The number of carbonyl (C=O) groups is 2. The van der Waals surface area contributed by atoms with Gasteiger partial charge in [-0.15, -0.1) is 0 Å². The molecule has 0 saturated carbocycles. The third kappa shape index (κ3) is 3.27. The number of amides is 1. The smallest absolute Gasteiger partial charge is 0.404 e. The predicted molar refractivity (Wildman–Crippen MR) is 57.0 cm³/mol. The Bertz CT molecular complexity index is 389. The zero-order valence-electron chi connectivity index (χ0n) is 8.93. The van der Waals surface area contributed by atoms with Gasteiger partial charge in [0.15, 0.2) is 0 Å². The quantitative estimate of drug-likeness (QED) is 0.775. The van der Waals surface area contributed by atoms with Gasteiger partial charge < -0.3 is 15.2 Å². The van der Waals surface area contributed by atoms with Crippen molar-refractivity contribution in [3.8, 4) is 0 Å². The molecule has 2 N–H and O–H groups in total. The van der Waals surface area contributed by atoms with Crippen molar-refractivity contribution >= 4 is 12.1 Å². The fourth-order valence-corrected chi connectivity index (χ4v) is 1.31. The standard InChI is InChI=1S/C11H13NO4/c1-15-10(13)9-5-3-2-4-8(9)6-7-16-11(12)14/h2-5H,6-7H2,1H3,(H2,12,14). The Morgan fingerprint density at radius 1 is 1.31 bits per heavy atom. The van der Waals surface area contributed by atoms with Crippen LogP contribution in [0, 0.1) is 0 Å². The molecule has 1 aromatic carbocycles. The number of hydrogen-bond acceptors (Lipinski definition) is 4. The highest BCUT2D eigenvalue weighted by Crippen LogP contribution is 2.10. The van der Waals surface area contributed by atoms with Crippen molar-refractivity contribution < 1.29 is 19.1 Å². The fraction of sp³-hybridized carbons (Fsp3) is 0.273. The molecular weight excluding hydrogens is 210 g/mol. The van der Waals surface area contributed by atoms with Crippen molar-refractivity contribution in [1.29, 1.82) is 0 Å². The topological polar surface area (TPSA) is 78.6 Å². The van der Waals surface area contributed by atoms with Gasteiger partial charge in [0.05, 0.1) is 19.3 Å². The van der Waals surface area contributed by atoms with Crippen molar-refractivity contribution in [2.24, 2.45) is 5.73 Å². The van der Waals surface area contributed by atoms with E-state index in [4.69, 9.17) is 5.73 Å². The maximum atomic E-state index is 11.4. The number of hydrogen-bond donors (Lipinski definition) is 1. The first-order chi connectivity index (χ1) is 7.65. The lowest BCUT2D eigenvalue weighted by molar-refractivity contribution is 0.0599. The number of primary amides is 1. The lowest BCUT2D eigenvalue weighted by Gasteiger charge is -2.07. The minimum Gasteiger partial charge on any atom is -0.465 e. The molecule has 0 aliphatic rings. The average Bonchev–Trinajstić information content (AvgIpc) is 2.28. The van der Waals surface area contributed by atoms with E-state index >= 15 is 0 Å². The first kappa shape index (κ1) is 12.0. The molecule has 5 heteroatoms. The summed E-state index contributed by atoms with van der Waals surface area (Å²) >= 11 is 0. The van der Waals surface area contributed by atoms with Crippen LogP contribution >= 0.6 is 0 Å². The van der Waals surface area contributed by atoms with Gasteiger partial charge in [0.2, 0.25) is 0 Å². The predicted octanol–water partition coefficient (Wildman–Crippen LogP) is 1.11. The summed E-state index contributed by atoms with van der Waals surface area (Å²) in [7, 11) is 1.32. The lowest BCUT2D eigenvalue weighted by Crippen LogP contribution is -2.15. The molecule has 86 valence electrons. The first-order valence-electron chi connectivity index (χ1n) is 4.73. The average molecular weight is 223 g/mol. The van der Waals surface area contributed by atoms with Gasteiger partial charge in [-0.2, -0.15) is 0 Å². The molecule has 1 aromatic rings. The minimum absolute atomic E-state index is 0.142. The normalized spacial score (nSPS) is 9.56. The van der Waals surface area contributed by atoms with Crippen molar-refractivity contribution in [3.05, 3.63) is 35.4 Å². The summed E-state index contributed by atoms with van der Waals surface area (Å²) in [6.07, 6.45) is -0.399. The Morgan fingerprint density at radius 2 is 2.00 bits per heavy atom. The molecule has 0 fully saturated rings. The molecule has 0 heterocycles. The Morgan fingerprint density at radius 3 is 2.62 bits per heavy atom. The Balaban J connectivity index is 2.71. The second-order valence-corrected chi connectivity index (χ2v) is 3.07. The van der Waals surface area contributed by atoms with Crippen molar-refractivity contribution in [1.82, 2.24) is 0 Å². The molecular formula is C11H13NO4. The monoisotopic (exact) mass is 223 g/mol. The van der Waals surface area contributed by atoms with E-state index in [1.165, 1.54) is 7.11 Å². The summed E-state index contributed by atoms with van der Waals surface area (Å²) in [5, 5.41) is 0. The third-order valence-electron chi connectivity index (χ3n) is 2.04. The Labute approximate surface area is 93.1 Å². The van der Waals surface area contributed by atoms with Gasteiger partial charge in [0.1, 0.15) is 0 Å². The highest BCUT2D eigenvalue weighted by Gasteiger charge is 2.10. The second-order valence-electron chi connectivity index (χ2n) is 3.07. The summed E-state index contributed by atoms with van der Waals surface area (Å²) in [4.78, 5) is 21.7. The van der Waals surface area contributed by atoms with Gasteiger partial charge in [-0.3, -0.25) is 0 Å². The van der Waals surface area contributed by atoms with Crippen LogP contribution in [-0.2, 0) is 15.9 Å². The number of rotatable bonds is 4. The van der Waals surface area contributed by atoms with E-state index in [1.54, 1.807) is 24.3 Å². The van der Waals surface area contributed by atoms with E-state index in [-0.39, 0.29) is 6.61 Å². The molecule has 0 saturated heterocycles. The Hall–Kier alpha value is -2.04. The summed E-state index contributed by atoms with van der Waals surface area (Å²) in [5.74, 6) is -0.408. The van der Waals surface area contributed by atoms with E-state index in [1.807, 2.05) is 0 Å². The van der Waals surface area contributed by atoms with Gasteiger partial charge in [-0.25, -0.2) is 9.59 Å². The molecule has 0 radical (unpaired) electrons. The maximum Gasteiger partial charge on any atom is 0.404 e. The zero-order chi connectivity index (χ0) is 12.0. The SMILES string of the molecule is COC(=O)c1ccccc1CCOC(N)=O. The van der Waals surface area contributed by atoms with Crippen LogP contribution < -0.4 is 5.73 Å². The van der Waals surface area contributed by atoms with Crippen LogP contribution in [0.5, 0.6) is 0 Å². The number of methoxy groups -OCH3 is 1. The van der Waals surface area contributed by atoms with E-state index in [2.05, 4.69) is 9.47 Å². The van der Waals surface area contributed by atoms with Gasteiger partial charge in [0, 0.05) is 6.42 Å². The van der Waals surface area contributed by atoms with Crippen LogP contribution in [-0.4, -0.2) is 25.8 Å². The minimum atomic E-state index is -0.824. The van der Waals surface area contributed by atoms with Gasteiger partial charge in [-0.1, -0.05) is 18.2 Å². The number of ether oxygens (including phenoxy) is 2. The first-order valence-corrected chi connectivity index (χ1v) is 4.73. The van der Waals surface area contributed by atoms with E-state index in [0.29, 0.717) is 12.0 Å². The van der Waals surface area contributed by atoms with Crippen molar-refractivity contribution in [2.75, 3.05) is 13.7 Å². The van der Waals surface area contributed by atoms with Crippen LogP contribution in [0.25, 0.3) is 0 Å². The van der Waals surface area contributed by atoms with Crippen molar-refractivity contribution in [3.63, 3.8) is 0 Å². The summed E-state index contributed by atoms with van der Waals surface area (Å²) in [6, 6.07) is 6.97. The molecule has 1 rings (SSSR count).